The van der Waals surface area contributed by atoms with E-state index in [1.54, 1.807) is 16.5 Å². The van der Waals surface area contributed by atoms with Crippen molar-refractivity contribution in [2.75, 3.05) is 18.4 Å². The minimum atomic E-state index is -0.213. The summed E-state index contributed by atoms with van der Waals surface area (Å²) in [7, 11) is 0. The van der Waals surface area contributed by atoms with E-state index in [2.05, 4.69) is 10.3 Å². The predicted molar refractivity (Wildman–Crippen MR) is 103 cm³/mol. The highest BCUT2D eigenvalue weighted by molar-refractivity contribution is 7.13. The first-order valence-corrected chi connectivity index (χ1v) is 9.54. The number of fused-ring (bicyclic) bond motifs is 1. The molecule has 1 aromatic heterocycles. The molecule has 1 heterocycles. The Morgan fingerprint density at radius 3 is 2.69 bits per heavy atom. The van der Waals surface area contributed by atoms with E-state index in [9.17, 15) is 9.59 Å². The Morgan fingerprint density at radius 1 is 1.15 bits per heavy atom. The van der Waals surface area contributed by atoms with E-state index in [0.29, 0.717) is 23.2 Å². The van der Waals surface area contributed by atoms with Crippen LogP contribution in [-0.2, 0) is 4.79 Å². The van der Waals surface area contributed by atoms with Gasteiger partial charge in [0.25, 0.3) is 5.91 Å². The van der Waals surface area contributed by atoms with E-state index in [-0.39, 0.29) is 18.4 Å². The standard InChI is InChI=1S/C20H19N3O2S/c24-18(22-20-21-9-10-26-20)13-23(12-14-5-6-14)19(25)17-8-7-15-3-1-2-4-16(15)11-17/h1-4,7-11,14H,5-6,12-13H2,(H,21,22,24). The van der Waals surface area contributed by atoms with Gasteiger partial charge in [0, 0.05) is 23.7 Å². The molecule has 0 unspecified atom stereocenters. The Bertz CT molecular complexity index is 935. The molecule has 0 bridgehead atoms. The summed E-state index contributed by atoms with van der Waals surface area (Å²) < 4.78 is 0. The van der Waals surface area contributed by atoms with Gasteiger partial charge in [-0.2, -0.15) is 0 Å². The molecule has 2 amide bonds. The molecule has 1 saturated carbocycles. The van der Waals surface area contributed by atoms with Gasteiger partial charge in [-0.1, -0.05) is 30.3 Å². The highest BCUT2D eigenvalue weighted by Crippen LogP contribution is 2.30. The zero-order chi connectivity index (χ0) is 17.9. The van der Waals surface area contributed by atoms with Crippen molar-refractivity contribution in [1.29, 1.82) is 0 Å². The summed E-state index contributed by atoms with van der Waals surface area (Å²) in [5.74, 6) is 0.193. The first-order valence-electron chi connectivity index (χ1n) is 8.66. The lowest BCUT2D eigenvalue weighted by molar-refractivity contribution is -0.116. The maximum absolute atomic E-state index is 13.0. The fourth-order valence-corrected chi connectivity index (χ4v) is 3.50. The molecule has 0 spiro atoms. The number of nitrogens with zero attached hydrogens (tertiary/aromatic N) is 2. The number of anilines is 1. The molecule has 3 aromatic rings. The van der Waals surface area contributed by atoms with Gasteiger partial charge in [0.1, 0.15) is 6.54 Å². The molecule has 1 fully saturated rings. The first-order chi connectivity index (χ1) is 12.7. The van der Waals surface area contributed by atoms with Crippen molar-refractivity contribution >= 4 is 39.1 Å². The molecule has 1 aliphatic carbocycles. The maximum atomic E-state index is 13.0. The van der Waals surface area contributed by atoms with E-state index in [4.69, 9.17) is 0 Å². The minimum absolute atomic E-state index is 0.0434. The Labute approximate surface area is 155 Å². The summed E-state index contributed by atoms with van der Waals surface area (Å²) in [6.45, 7) is 0.665. The lowest BCUT2D eigenvalue weighted by Crippen LogP contribution is -2.39. The predicted octanol–water partition coefficient (Wildman–Crippen LogP) is 3.79. The van der Waals surface area contributed by atoms with E-state index < -0.39 is 0 Å². The van der Waals surface area contributed by atoms with Crippen LogP contribution in [0, 0.1) is 5.92 Å². The second kappa shape index (κ2) is 7.25. The largest absolute Gasteiger partial charge is 0.329 e. The van der Waals surface area contributed by atoms with Crippen LogP contribution in [0.3, 0.4) is 0 Å². The normalized spacial score (nSPS) is 13.5. The molecule has 0 radical (unpaired) electrons. The van der Waals surface area contributed by atoms with Gasteiger partial charge >= 0.3 is 0 Å². The molecular weight excluding hydrogens is 346 g/mol. The summed E-state index contributed by atoms with van der Waals surface area (Å²) in [5.41, 5.74) is 0.617. The number of hydrogen-bond donors (Lipinski definition) is 1. The Hall–Kier alpha value is -2.73. The summed E-state index contributed by atoms with van der Waals surface area (Å²) in [5, 5.41) is 7.24. The Morgan fingerprint density at radius 2 is 1.96 bits per heavy atom. The Kier molecular flexibility index (Phi) is 4.67. The minimum Gasteiger partial charge on any atom is -0.329 e. The number of carbonyl (C=O) groups excluding carboxylic acids is 2. The van der Waals surface area contributed by atoms with Crippen LogP contribution in [0.5, 0.6) is 0 Å². The molecule has 5 nitrogen and oxygen atoms in total. The maximum Gasteiger partial charge on any atom is 0.254 e. The van der Waals surface area contributed by atoms with Crippen molar-refractivity contribution in [3.05, 3.63) is 59.6 Å². The molecule has 26 heavy (non-hydrogen) atoms. The number of nitrogens with one attached hydrogen (secondary N) is 1. The summed E-state index contributed by atoms with van der Waals surface area (Å²) in [6, 6.07) is 13.6. The van der Waals surface area contributed by atoms with Gasteiger partial charge in [0.15, 0.2) is 5.13 Å². The third kappa shape index (κ3) is 3.91. The highest BCUT2D eigenvalue weighted by Gasteiger charge is 2.28. The zero-order valence-electron chi connectivity index (χ0n) is 14.2. The number of hydrogen-bond acceptors (Lipinski definition) is 4. The molecule has 1 aliphatic rings. The molecule has 132 valence electrons. The van der Waals surface area contributed by atoms with E-state index >= 15 is 0 Å². The van der Waals surface area contributed by atoms with Crippen molar-refractivity contribution in [3.63, 3.8) is 0 Å². The number of benzene rings is 2. The SMILES string of the molecule is O=C(CN(CC1CC1)C(=O)c1ccc2ccccc2c1)Nc1nccs1. The number of rotatable bonds is 6. The number of carbonyl (C=O) groups is 2. The molecule has 4 rings (SSSR count). The first kappa shape index (κ1) is 16.7. The smallest absolute Gasteiger partial charge is 0.254 e. The number of aromatic nitrogens is 1. The van der Waals surface area contributed by atoms with Gasteiger partial charge in [0.05, 0.1) is 0 Å². The monoisotopic (exact) mass is 365 g/mol. The second-order valence-electron chi connectivity index (χ2n) is 6.58. The summed E-state index contributed by atoms with van der Waals surface area (Å²) in [4.78, 5) is 31.1. The third-order valence-electron chi connectivity index (χ3n) is 4.47. The molecule has 0 atom stereocenters. The summed E-state index contributed by atoms with van der Waals surface area (Å²) in [6.07, 6.45) is 3.88. The van der Waals surface area contributed by atoms with Crippen LogP contribution in [0.1, 0.15) is 23.2 Å². The topological polar surface area (TPSA) is 62.3 Å². The van der Waals surface area contributed by atoms with Crippen LogP contribution < -0.4 is 5.32 Å². The fraction of sp³-hybridized carbons (Fsp3) is 0.250. The van der Waals surface area contributed by atoms with Crippen molar-refractivity contribution < 1.29 is 9.59 Å². The van der Waals surface area contributed by atoms with Crippen molar-refractivity contribution in [2.45, 2.75) is 12.8 Å². The van der Waals surface area contributed by atoms with Crippen molar-refractivity contribution in [1.82, 2.24) is 9.88 Å². The lowest BCUT2D eigenvalue weighted by Gasteiger charge is -2.22. The van der Waals surface area contributed by atoms with Crippen LogP contribution in [0.4, 0.5) is 5.13 Å². The fourth-order valence-electron chi connectivity index (χ4n) is 2.95. The van der Waals surface area contributed by atoms with Crippen LogP contribution >= 0.6 is 11.3 Å². The van der Waals surface area contributed by atoms with Gasteiger partial charge < -0.3 is 10.2 Å². The third-order valence-corrected chi connectivity index (χ3v) is 5.16. The number of thiazole rings is 1. The van der Waals surface area contributed by atoms with Gasteiger partial charge in [0.2, 0.25) is 5.91 Å². The highest BCUT2D eigenvalue weighted by atomic mass is 32.1. The average Bonchev–Trinajstić information content (AvgIpc) is 3.33. The van der Waals surface area contributed by atoms with E-state index in [0.717, 1.165) is 23.6 Å². The summed E-state index contributed by atoms with van der Waals surface area (Å²) >= 11 is 1.36. The van der Waals surface area contributed by atoms with Crippen LogP contribution in [-0.4, -0.2) is 34.8 Å². The van der Waals surface area contributed by atoms with E-state index in [1.807, 2.05) is 42.5 Å². The quantitative estimate of drug-likeness (QED) is 0.723. The molecular formula is C20H19N3O2S. The molecule has 6 heteroatoms. The van der Waals surface area contributed by atoms with Crippen molar-refractivity contribution in [2.24, 2.45) is 5.92 Å². The Balaban J connectivity index is 1.52. The molecule has 2 aromatic carbocycles. The van der Waals surface area contributed by atoms with Gasteiger partial charge in [-0.25, -0.2) is 4.98 Å². The van der Waals surface area contributed by atoms with Gasteiger partial charge in [-0.05, 0) is 41.7 Å². The van der Waals surface area contributed by atoms with Crippen LogP contribution in [0.15, 0.2) is 54.0 Å². The lowest BCUT2D eigenvalue weighted by atomic mass is 10.1. The van der Waals surface area contributed by atoms with E-state index in [1.165, 1.54) is 11.3 Å². The zero-order valence-corrected chi connectivity index (χ0v) is 15.0. The molecule has 0 aliphatic heterocycles. The number of amides is 2. The van der Waals surface area contributed by atoms with Crippen LogP contribution in [0.2, 0.25) is 0 Å². The van der Waals surface area contributed by atoms with Gasteiger partial charge in [-0.3, -0.25) is 9.59 Å². The molecule has 0 saturated heterocycles. The average molecular weight is 365 g/mol. The van der Waals surface area contributed by atoms with Gasteiger partial charge in [-0.15, -0.1) is 11.3 Å². The van der Waals surface area contributed by atoms with Crippen LogP contribution in [0.25, 0.3) is 10.8 Å². The van der Waals surface area contributed by atoms with Crippen molar-refractivity contribution in [3.8, 4) is 0 Å². The second-order valence-corrected chi connectivity index (χ2v) is 7.47. The molecule has 1 N–H and O–H groups in total.